The molecule has 7 heteroatoms. The highest BCUT2D eigenvalue weighted by atomic mass is 32.1. The lowest BCUT2D eigenvalue weighted by atomic mass is 9.81. The van der Waals surface area contributed by atoms with Gasteiger partial charge < -0.3 is 19.9 Å². The fraction of sp³-hybridized carbons (Fsp3) is 0.462. The SMILES string of the molecule is CCN(C(=O)OC(C)(C)C)[C@H]1CC[C@H](c2c[nH]c3cc(NC(=N)c4cccs4)ccc32)CC1. The average Bonchev–Trinajstić information content (AvgIpc) is 3.44. The smallest absolute Gasteiger partial charge is 0.410 e. The lowest BCUT2D eigenvalue weighted by Crippen LogP contribution is -2.44. The molecule has 1 aromatic carbocycles. The van der Waals surface area contributed by atoms with Gasteiger partial charge in [-0.05, 0) is 88.4 Å². The predicted molar refractivity (Wildman–Crippen MR) is 137 cm³/mol. The minimum absolute atomic E-state index is 0.200. The highest BCUT2D eigenvalue weighted by Gasteiger charge is 2.31. The number of carbonyl (C=O) groups excluding carboxylic acids is 1. The first-order valence-electron chi connectivity index (χ1n) is 11.7. The highest BCUT2D eigenvalue weighted by molar-refractivity contribution is 7.12. The van der Waals surface area contributed by atoms with Gasteiger partial charge in [0.05, 0.1) is 4.88 Å². The van der Waals surface area contributed by atoms with E-state index in [0.29, 0.717) is 18.3 Å². The Morgan fingerprint density at radius 1 is 1.24 bits per heavy atom. The van der Waals surface area contributed by atoms with E-state index in [1.807, 2.05) is 50.1 Å². The zero-order valence-corrected chi connectivity index (χ0v) is 20.7. The Balaban J connectivity index is 1.41. The third-order valence-corrected chi connectivity index (χ3v) is 7.18. The first kappa shape index (κ1) is 23.4. The van der Waals surface area contributed by atoms with Crippen LogP contribution in [0.15, 0.2) is 41.9 Å². The topological polar surface area (TPSA) is 81.2 Å². The second-order valence-electron chi connectivity index (χ2n) is 9.75. The van der Waals surface area contributed by atoms with Crippen LogP contribution in [0.25, 0.3) is 10.9 Å². The van der Waals surface area contributed by atoms with Gasteiger partial charge in [0.25, 0.3) is 0 Å². The number of benzene rings is 1. The van der Waals surface area contributed by atoms with Crippen LogP contribution in [0, 0.1) is 5.41 Å². The molecule has 1 fully saturated rings. The summed E-state index contributed by atoms with van der Waals surface area (Å²) in [4.78, 5) is 18.9. The molecule has 0 unspecified atom stereocenters. The maximum Gasteiger partial charge on any atom is 0.410 e. The van der Waals surface area contributed by atoms with Crippen molar-refractivity contribution in [2.24, 2.45) is 0 Å². The molecule has 0 spiro atoms. The van der Waals surface area contributed by atoms with Crippen LogP contribution in [0.1, 0.15) is 69.7 Å². The fourth-order valence-corrected chi connectivity index (χ4v) is 5.38. The van der Waals surface area contributed by atoms with E-state index in [0.717, 1.165) is 41.8 Å². The van der Waals surface area contributed by atoms with Crippen LogP contribution < -0.4 is 5.32 Å². The first-order chi connectivity index (χ1) is 15.7. The van der Waals surface area contributed by atoms with Crippen molar-refractivity contribution in [1.29, 1.82) is 5.41 Å². The number of H-pyrrole nitrogens is 1. The van der Waals surface area contributed by atoms with Crippen LogP contribution in [-0.2, 0) is 4.74 Å². The number of rotatable bonds is 5. The molecule has 3 N–H and O–H groups in total. The summed E-state index contributed by atoms with van der Waals surface area (Å²) in [6, 6.07) is 10.4. The number of ether oxygens (including phenoxy) is 1. The maximum atomic E-state index is 12.6. The minimum atomic E-state index is -0.471. The van der Waals surface area contributed by atoms with Crippen LogP contribution in [0.2, 0.25) is 0 Å². The maximum absolute atomic E-state index is 12.6. The normalized spacial score (nSPS) is 18.8. The van der Waals surface area contributed by atoms with Gasteiger partial charge in [0.1, 0.15) is 11.4 Å². The van der Waals surface area contributed by atoms with Gasteiger partial charge in [-0.3, -0.25) is 5.41 Å². The molecule has 2 aromatic heterocycles. The van der Waals surface area contributed by atoms with Crippen molar-refractivity contribution in [3.05, 3.63) is 52.3 Å². The minimum Gasteiger partial charge on any atom is -0.444 e. The number of amides is 1. The van der Waals surface area contributed by atoms with E-state index in [1.54, 1.807) is 11.3 Å². The standard InChI is InChI=1S/C26H34N4O2S/c1-5-30(25(31)32-26(2,3)4)19-11-8-17(9-12-19)21-16-28-22-15-18(10-13-20(21)22)29-24(27)23-7-6-14-33-23/h6-7,10,13-17,19,28H,5,8-9,11-12H2,1-4H3,(H2,27,29)/t17-,19-. The van der Waals surface area contributed by atoms with Crippen molar-refractivity contribution in [2.45, 2.75) is 70.9 Å². The summed E-state index contributed by atoms with van der Waals surface area (Å²) in [7, 11) is 0. The Morgan fingerprint density at radius 3 is 2.64 bits per heavy atom. The van der Waals surface area contributed by atoms with Gasteiger partial charge in [0.15, 0.2) is 0 Å². The first-order valence-corrected chi connectivity index (χ1v) is 12.6. The number of aromatic nitrogens is 1. The molecule has 0 aliphatic heterocycles. The number of fused-ring (bicyclic) bond motifs is 1. The molecule has 1 saturated carbocycles. The van der Waals surface area contributed by atoms with Crippen LogP contribution in [-0.4, -0.2) is 40.0 Å². The van der Waals surface area contributed by atoms with Gasteiger partial charge in [-0.2, -0.15) is 0 Å². The molecule has 0 atom stereocenters. The Kier molecular flexibility index (Phi) is 6.79. The zero-order chi connectivity index (χ0) is 23.6. The number of anilines is 1. The number of hydrogen-bond acceptors (Lipinski definition) is 4. The van der Waals surface area contributed by atoms with Gasteiger partial charge in [0, 0.05) is 35.4 Å². The van der Waals surface area contributed by atoms with Crippen molar-refractivity contribution in [1.82, 2.24) is 9.88 Å². The summed E-state index contributed by atoms with van der Waals surface area (Å²) in [5.74, 6) is 0.899. The van der Waals surface area contributed by atoms with Crippen LogP contribution in [0.3, 0.4) is 0 Å². The number of nitrogens with one attached hydrogen (secondary N) is 3. The third kappa shape index (κ3) is 5.41. The van der Waals surface area contributed by atoms with E-state index in [4.69, 9.17) is 10.1 Å². The van der Waals surface area contributed by atoms with E-state index in [-0.39, 0.29) is 12.1 Å². The Hall–Kier alpha value is -2.80. The Bertz CT molecular complexity index is 1110. The number of thiophene rings is 1. The van der Waals surface area contributed by atoms with Crippen LogP contribution in [0.4, 0.5) is 10.5 Å². The molecule has 176 valence electrons. The average molecular weight is 467 g/mol. The van der Waals surface area contributed by atoms with Crippen LogP contribution in [0.5, 0.6) is 0 Å². The summed E-state index contributed by atoms with van der Waals surface area (Å²) in [5.41, 5.74) is 2.87. The van der Waals surface area contributed by atoms with Crippen LogP contribution >= 0.6 is 11.3 Å². The number of aromatic amines is 1. The van der Waals surface area contributed by atoms with E-state index in [9.17, 15) is 4.79 Å². The van der Waals surface area contributed by atoms with Crippen molar-refractivity contribution in [2.75, 3.05) is 11.9 Å². The van der Waals surface area contributed by atoms with Crippen molar-refractivity contribution in [3.63, 3.8) is 0 Å². The molecule has 1 amide bonds. The molecule has 33 heavy (non-hydrogen) atoms. The second kappa shape index (κ2) is 9.59. The van der Waals surface area contributed by atoms with E-state index in [2.05, 4.69) is 34.7 Å². The van der Waals surface area contributed by atoms with Crippen molar-refractivity contribution < 1.29 is 9.53 Å². The predicted octanol–water partition coefficient (Wildman–Crippen LogP) is 6.95. The summed E-state index contributed by atoms with van der Waals surface area (Å²) in [5, 5.41) is 14.7. The monoisotopic (exact) mass is 466 g/mol. The Morgan fingerprint density at radius 2 is 2.00 bits per heavy atom. The van der Waals surface area contributed by atoms with Gasteiger partial charge in [0.2, 0.25) is 0 Å². The lowest BCUT2D eigenvalue weighted by molar-refractivity contribution is 0.0129. The largest absolute Gasteiger partial charge is 0.444 e. The van der Waals surface area contributed by atoms with E-state index < -0.39 is 5.60 Å². The molecule has 1 aliphatic rings. The van der Waals surface area contributed by atoms with E-state index >= 15 is 0 Å². The van der Waals surface area contributed by atoms with E-state index in [1.165, 1.54) is 10.9 Å². The molecule has 3 aromatic rings. The molecular weight excluding hydrogens is 432 g/mol. The van der Waals surface area contributed by atoms with Crippen molar-refractivity contribution >= 4 is 39.9 Å². The fourth-order valence-electron chi connectivity index (χ4n) is 4.75. The third-order valence-electron chi connectivity index (χ3n) is 6.30. The lowest BCUT2D eigenvalue weighted by Gasteiger charge is -2.37. The quantitative estimate of drug-likeness (QED) is 0.281. The second-order valence-corrected chi connectivity index (χ2v) is 10.7. The summed E-state index contributed by atoms with van der Waals surface area (Å²) >= 11 is 1.56. The summed E-state index contributed by atoms with van der Waals surface area (Å²) in [6.45, 7) is 8.45. The molecule has 0 bridgehead atoms. The number of nitrogens with zero attached hydrogens (tertiary/aromatic N) is 1. The van der Waals surface area contributed by atoms with Gasteiger partial charge in [-0.15, -0.1) is 11.3 Å². The molecule has 0 saturated heterocycles. The zero-order valence-electron chi connectivity index (χ0n) is 19.9. The molecule has 4 rings (SSSR count). The number of amidine groups is 1. The number of hydrogen-bond donors (Lipinski definition) is 3. The van der Waals surface area contributed by atoms with Gasteiger partial charge >= 0.3 is 6.09 Å². The van der Waals surface area contributed by atoms with Crippen molar-refractivity contribution in [3.8, 4) is 0 Å². The molecule has 0 radical (unpaired) electrons. The highest BCUT2D eigenvalue weighted by Crippen LogP contribution is 2.38. The summed E-state index contributed by atoms with van der Waals surface area (Å²) < 4.78 is 5.62. The summed E-state index contributed by atoms with van der Waals surface area (Å²) in [6.07, 6.45) is 6.02. The van der Waals surface area contributed by atoms with Gasteiger partial charge in [-0.1, -0.05) is 12.1 Å². The molecular formula is C26H34N4O2S. The molecule has 1 aliphatic carbocycles. The Labute approximate surface area is 199 Å². The number of carbonyl (C=O) groups is 1. The molecule has 6 nitrogen and oxygen atoms in total. The van der Waals surface area contributed by atoms with Gasteiger partial charge in [-0.25, -0.2) is 4.79 Å². The molecule has 2 heterocycles.